The summed E-state index contributed by atoms with van der Waals surface area (Å²) in [5, 5.41) is 4.50. The molecule has 0 saturated carbocycles. The molecule has 2 aromatic rings. The number of fused-ring (bicyclic) bond motifs is 1. The molecule has 0 fully saturated rings. The van der Waals surface area contributed by atoms with E-state index in [2.05, 4.69) is 5.32 Å². The molecular formula is C20H21NO4S. The summed E-state index contributed by atoms with van der Waals surface area (Å²) in [7, 11) is 0. The van der Waals surface area contributed by atoms with Gasteiger partial charge in [0.15, 0.2) is 11.9 Å². The van der Waals surface area contributed by atoms with Gasteiger partial charge in [-0.15, -0.1) is 11.3 Å². The van der Waals surface area contributed by atoms with Crippen molar-refractivity contribution in [1.82, 2.24) is 0 Å². The average molecular weight is 371 g/mol. The number of Topliss-reactive ketones (excluding diaryl/α,β-unsaturated/α-hetero) is 1. The van der Waals surface area contributed by atoms with E-state index >= 15 is 0 Å². The molecule has 0 unspecified atom stereocenters. The highest BCUT2D eigenvalue weighted by atomic mass is 32.1. The summed E-state index contributed by atoms with van der Waals surface area (Å²) in [5.41, 5.74) is 2.49. The molecule has 1 amide bonds. The van der Waals surface area contributed by atoms with Crippen molar-refractivity contribution < 1.29 is 19.1 Å². The molecule has 1 aromatic carbocycles. The molecule has 1 aromatic heterocycles. The van der Waals surface area contributed by atoms with Crippen molar-refractivity contribution in [3.63, 3.8) is 0 Å². The molecule has 0 saturated heterocycles. The number of para-hydroxylation sites is 1. The summed E-state index contributed by atoms with van der Waals surface area (Å²) in [4.78, 5) is 37.8. The Kier molecular flexibility index (Phi) is 5.52. The Hall–Kier alpha value is -2.47. The Bertz CT molecular complexity index is 855. The number of hydrogen-bond donors (Lipinski definition) is 1. The number of nitrogens with one attached hydrogen (secondary N) is 1. The van der Waals surface area contributed by atoms with Crippen LogP contribution in [0, 0.1) is 0 Å². The quantitative estimate of drug-likeness (QED) is 0.637. The Morgan fingerprint density at radius 1 is 1.12 bits per heavy atom. The minimum atomic E-state index is -0.957. The highest BCUT2D eigenvalue weighted by Crippen LogP contribution is 2.30. The molecule has 136 valence electrons. The third kappa shape index (κ3) is 3.85. The molecule has 0 aliphatic heterocycles. The summed E-state index contributed by atoms with van der Waals surface area (Å²) in [6, 6.07) is 6.76. The molecule has 6 heteroatoms. The fourth-order valence-corrected chi connectivity index (χ4v) is 4.19. The van der Waals surface area contributed by atoms with Crippen LogP contribution in [0.3, 0.4) is 0 Å². The van der Waals surface area contributed by atoms with Gasteiger partial charge >= 0.3 is 5.97 Å². The Labute approximate surface area is 156 Å². The normalized spacial score (nSPS) is 14.2. The summed E-state index contributed by atoms with van der Waals surface area (Å²) in [6.07, 6.45) is 3.15. The summed E-state index contributed by atoms with van der Waals surface area (Å²) in [6.45, 7) is 2.97. The maximum Gasteiger partial charge on any atom is 0.340 e. The molecular weight excluding hydrogens is 350 g/mol. The maximum atomic E-state index is 12.5. The van der Waals surface area contributed by atoms with E-state index in [0.29, 0.717) is 16.8 Å². The predicted octanol–water partition coefficient (Wildman–Crippen LogP) is 4.01. The largest absolute Gasteiger partial charge is 0.449 e. The van der Waals surface area contributed by atoms with Crippen LogP contribution < -0.4 is 5.32 Å². The van der Waals surface area contributed by atoms with Crippen molar-refractivity contribution in [2.75, 3.05) is 5.32 Å². The molecule has 1 aliphatic rings. The van der Waals surface area contributed by atoms with Crippen molar-refractivity contribution in [3.8, 4) is 0 Å². The zero-order valence-corrected chi connectivity index (χ0v) is 15.7. The number of aryl methyl sites for hydroxylation is 1. The number of benzene rings is 1. The number of esters is 1. The fraction of sp³-hybridized carbons (Fsp3) is 0.350. The summed E-state index contributed by atoms with van der Waals surface area (Å²) in [5.74, 6) is -1.07. The van der Waals surface area contributed by atoms with E-state index in [4.69, 9.17) is 4.74 Å². The Morgan fingerprint density at radius 2 is 1.85 bits per heavy atom. The Morgan fingerprint density at radius 3 is 2.62 bits per heavy atom. The van der Waals surface area contributed by atoms with Gasteiger partial charge in [0.1, 0.15) is 0 Å². The van der Waals surface area contributed by atoms with Crippen molar-refractivity contribution in [2.45, 2.75) is 45.6 Å². The number of hydrogen-bond acceptors (Lipinski definition) is 5. The van der Waals surface area contributed by atoms with Crippen LogP contribution in [0.5, 0.6) is 0 Å². The number of ether oxygens (including phenoxy) is 1. The van der Waals surface area contributed by atoms with E-state index in [1.54, 1.807) is 35.6 Å². The van der Waals surface area contributed by atoms with Gasteiger partial charge in [0.2, 0.25) is 0 Å². The third-order valence-corrected chi connectivity index (χ3v) is 5.59. The van der Waals surface area contributed by atoms with Gasteiger partial charge in [0.25, 0.3) is 5.91 Å². The van der Waals surface area contributed by atoms with Crippen LogP contribution in [0.2, 0.25) is 0 Å². The number of carbonyl (C=O) groups excluding carboxylic acids is 3. The smallest absolute Gasteiger partial charge is 0.340 e. The molecule has 0 spiro atoms. The summed E-state index contributed by atoms with van der Waals surface area (Å²) < 4.78 is 5.37. The van der Waals surface area contributed by atoms with E-state index in [0.717, 1.165) is 31.2 Å². The lowest BCUT2D eigenvalue weighted by atomic mass is 9.96. The van der Waals surface area contributed by atoms with Crippen molar-refractivity contribution in [1.29, 1.82) is 0 Å². The second kappa shape index (κ2) is 7.83. The van der Waals surface area contributed by atoms with Crippen LogP contribution in [-0.2, 0) is 22.4 Å². The van der Waals surface area contributed by atoms with Crippen LogP contribution in [0.1, 0.15) is 57.8 Å². The van der Waals surface area contributed by atoms with Gasteiger partial charge in [-0.3, -0.25) is 9.59 Å². The maximum absolute atomic E-state index is 12.5. The van der Waals surface area contributed by atoms with Crippen molar-refractivity contribution >= 4 is 34.7 Å². The van der Waals surface area contributed by atoms with Gasteiger partial charge in [-0.2, -0.15) is 0 Å². The van der Waals surface area contributed by atoms with Gasteiger partial charge in [0.05, 0.1) is 11.3 Å². The minimum absolute atomic E-state index is 0.143. The lowest BCUT2D eigenvalue weighted by Gasteiger charge is -2.16. The zero-order chi connectivity index (χ0) is 18.7. The van der Waals surface area contributed by atoms with Crippen LogP contribution in [-0.4, -0.2) is 23.8 Å². The average Bonchev–Trinajstić information content (AvgIpc) is 3.06. The van der Waals surface area contributed by atoms with E-state index in [-0.39, 0.29) is 5.78 Å². The number of rotatable bonds is 5. The van der Waals surface area contributed by atoms with Gasteiger partial charge in [-0.1, -0.05) is 12.1 Å². The first kappa shape index (κ1) is 18.3. The van der Waals surface area contributed by atoms with Gasteiger partial charge in [0, 0.05) is 15.8 Å². The predicted molar refractivity (Wildman–Crippen MR) is 101 cm³/mol. The first-order valence-corrected chi connectivity index (χ1v) is 9.56. The monoisotopic (exact) mass is 371 g/mol. The lowest BCUT2D eigenvalue weighted by Crippen LogP contribution is -2.30. The molecule has 1 aliphatic carbocycles. The fourth-order valence-electron chi connectivity index (χ4n) is 3.08. The molecule has 5 nitrogen and oxygen atoms in total. The zero-order valence-electron chi connectivity index (χ0n) is 14.8. The highest BCUT2D eigenvalue weighted by molar-refractivity contribution is 7.10. The number of anilines is 1. The van der Waals surface area contributed by atoms with E-state index in [9.17, 15) is 14.4 Å². The lowest BCUT2D eigenvalue weighted by molar-refractivity contribution is -0.123. The molecule has 1 heterocycles. The number of carbonyl (C=O) groups is 3. The van der Waals surface area contributed by atoms with E-state index in [1.165, 1.54) is 18.7 Å². The molecule has 0 bridgehead atoms. The molecule has 1 N–H and O–H groups in total. The SMILES string of the molecule is CC(=O)c1ccccc1NC(=O)[C@@H](C)OC(=O)c1csc2c1CCCC2. The topological polar surface area (TPSA) is 72.5 Å². The van der Waals surface area contributed by atoms with Gasteiger partial charge in [-0.05, 0) is 57.2 Å². The number of amides is 1. The first-order chi connectivity index (χ1) is 12.5. The molecule has 1 atom stereocenters. The second-order valence-corrected chi connectivity index (χ2v) is 7.36. The van der Waals surface area contributed by atoms with Crippen molar-refractivity contribution in [3.05, 3.63) is 51.2 Å². The molecule has 26 heavy (non-hydrogen) atoms. The highest BCUT2D eigenvalue weighted by Gasteiger charge is 2.25. The van der Waals surface area contributed by atoms with Crippen LogP contribution in [0.15, 0.2) is 29.6 Å². The minimum Gasteiger partial charge on any atom is -0.449 e. The van der Waals surface area contributed by atoms with E-state index < -0.39 is 18.0 Å². The van der Waals surface area contributed by atoms with E-state index in [1.807, 2.05) is 5.38 Å². The van der Waals surface area contributed by atoms with Crippen molar-refractivity contribution in [2.24, 2.45) is 0 Å². The Balaban J connectivity index is 1.67. The van der Waals surface area contributed by atoms with Gasteiger partial charge in [-0.25, -0.2) is 4.79 Å². The van der Waals surface area contributed by atoms with Gasteiger partial charge < -0.3 is 10.1 Å². The summed E-state index contributed by atoms with van der Waals surface area (Å²) >= 11 is 1.58. The first-order valence-electron chi connectivity index (χ1n) is 8.68. The number of ketones is 1. The van der Waals surface area contributed by atoms with Crippen LogP contribution in [0.25, 0.3) is 0 Å². The molecule has 3 rings (SSSR count). The molecule has 0 radical (unpaired) electrons. The number of thiophene rings is 1. The standard InChI is InChI=1S/C20H21NO4S/c1-12(22)14-7-3-5-9-17(14)21-19(23)13(2)25-20(24)16-11-26-18-10-6-4-8-15(16)18/h3,5,7,9,11,13H,4,6,8,10H2,1-2H3,(H,21,23)/t13-/m1/s1. The third-order valence-electron chi connectivity index (χ3n) is 4.50. The van der Waals surface area contributed by atoms with Crippen LogP contribution in [0.4, 0.5) is 5.69 Å². The second-order valence-electron chi connectivity index (χ2n) is 6.40. The van der Waals surface area contributed by atoms with Crippen LogP contribution >= 0.6 is 11.3 Å².